The molecule has 0 bridgehead atoms. The normalized spacial score (nSPS) is 14.0. The molecule has 0 aliphatic rings. The molecule has 1 amide bonds. The van der Waals surface area contributed by atoms with Crippen LogP contribution in [0.15, 0.2) is 17.5 Å². The van der Waals surface area contributed by atoms with Gasteiger partial charge in [-0.1, -0.05) is 24.6 Å². The van der Waals surface area contributed by atoms with E-state index in [-0.39, 0.29) is 17.9 Å². The third kappa shape index (κ3) is 3.37. The van der Waals surface area contributed by atoms with Crippen molar-refractivity contribution in [3.05, 3.63) is 28.2 Å². The first-order chi connectivity index (χ1) is 9.22. The number of aromatic amines is 1. The molecule has 2 aromatic heterocycles. The summed E-state index contributed by atoms with van der Waals surface area (Å²) in [7, 11) is 0. The lowest BCUT2D eigenvalue weighted by Crippen LogP contribution is -2.32. The summed E-state index contributed by atoms with van der Waals surface area (Å²) in [5.74, 6) is 0.366. The summed E-state index contributed by atoms with van der Waals surface area (Å²) in [6.07, 6.45) is 1.73. The SMILES string of the molecule is CCC[C@H](NC(=O)[C@H](C)c1cccs1)c1nn[nH]n1. The second kappa shape index (κ2) is 6.42. The van der Waals surface area contributed by atoms with Crippen LogP contribution in [-0.2, 0) is 4.79 Å². The first-order valence-electron chi connectivity index (χ1n) is 6.29. The molecular weight excluding hydrogens is 262 g/mol. The average Bonchev–Trinajstić information content (AvgIpc) is 3.10. The zero-order valence-corrected chi connectivity index (χ0v) is 11.8. The summed E-state index contributed by atoms with van der Waals surface area (Å²) in [5, 5.41) is 18.8. The van der Waals surface area contributed by atoms with Crippen molar-refractivity contribution in [2.75, 3.05) is 0 Å². The highest BCUT2D eigenvalue weighted by Crippen LogP contribution is 2.22. The molecule has 2 atom stereocenters. The maximum atomic E-state index is 12.2. The number of hydrogen-bond donors (Lipinski definition) is 2. The molecule has 0 aliphatic carbocycles. The Hall–Kier alpha value is -1.76. The van der Waals surface area contributed by atoms with Gasteiger partial charge in [0, 0.05) is 4.88 Å². The van der Waals surface area contributed by atoms with Gasteiger partial charge in [0.05, 0.1) is 12.0 Å². The van der Waals surface area contributed by atoms with Gasteiger partial charge in [0.1, 0.15) is 0 Å². The second-order valence-corrected chi connectivity index (χ2v) is 5.34. The molecule has 2 rings (SSSR count). The highest BCUT2D eigenvalue weighted by atomic mass is 32.1. The van der Waals surface area contributed by atoms with Gasteiger partial charge in [-0.2, -0.15) is 5.21 Å². The lowest BCUT2D eigenvalue weighted by atomic mass is 10.1. The molecule has 2 N–H and O–H groups in total. The van der Waals surface area contributed by atoms with Crippen molar-refractivity contribution in [2.45, 2.75) is 38.6 Å². The summed E-state index contributed by atoms with van der Waals surface area (Å²) in [6.45, 7) is 3.96. The van der Waals surface area contributed by atoms with Gasteiger partial charge in [0.2, 0.25) is 5.91 Å². The predicted molar refractivity (Wildman–Crippen MR) is 72.7 cm³/mol. The molecule has 2 heterocycles. The number of aromatic nitrogens is 4. The second-order valence-electron chi connectivity index (χ2n) is 4.36. The average molecular weight is 279 g/mol. The van der Waals surface area contributed by atoms with Crippen molar-refractivity contribution in [1.29, 1.82) is 0 Å². The van der Waals surface area contributed by atoms with Crippen LogP contribution in [0, 0.1) is 0 Å². The Labute approximate surface area is 115 Å². The van der Waals surface area contributed by atoms with E-state index in [1.807, 2.05) is 24.4 Å². The first kappa shape index (κ1) is 13.7. The molecule has 7 heteroatoms. The fourth-order valence-electron chi connectivity index (χ4n) is 1.84. The number of thiophene rings is 1. The Kier molecular flexibility index (Phi) is 4.62. The molecule has 6 nitrogen and oxygen atoms in total. The largest absolute Gasteiger partial charge is 0.345 e. The van der Waals surface area contributed by atoms with Crippen molar-refractivity contribution in [2.24, 2.45) is 0 Å². The van der Waals surface area contributed by atoms with E-state index in [1.54, 1.807) is 11.3 Å². The van der Waals surface area contributed by atoms with Gasteiger partial charge >= 0.3 is 0 Å². The van der Waals surface area contributed by atoms with E-state index in [0.29, 0.717) is 5.82 Å². The lowest BCUT2D eigenvalue weighted by Gasteiger charge is -2.17. The van der Waals surface area contributed by atoms with Crippen LogP contribution in [0.4, 0.5) is 0 Å². The number of H-pyrrole nitrogens is 1. The van der Waals surface area contributed by atoms with Crippen molar-refractivity contribution in [1.82, 2.24) is 25.9 Å². The number of carbonyl (C=O) groups is 1. The number of amides is 1. The molecule has 0 unspecified atom stereocenters. The maximum Gasteiger partial charge on any atom is 0.228 e. The minimum atomic E-state index is -0.182. The fourth-order valence-corrected chi connectivity index (χ4v) is 2.62. The van der Waals surface area contributed by atoms with E-state index in [2.05, 4.69) is 32.9 Å². The Morgan fingerprint density at radius 1 is 1.58 bits per heavy atom. The van der Waals surface area contributed by atoms with Gasteiger partial charge in [0.15, 0.2) is 5.82 Å². The van der Waals surface area contributed by atoms with Crippen LogP contribution in [0.1, 0.15) is 49.4 Å². The summed E-state index contributed by atoms with van der Waals surface area (Å²) >= 11 is 1.59. The smallest absolute Gasteiger partial charge is 0.228 e. The van der Waals surface area contributed by atoms with Crippen LogP contribution < -0.4 is 5.32 Å². The number of nitrogens with one attached hydrogen (secondary N) is 2. The Morgan fingerprint density at radius 2 is 2.42 bits per heavy atom. The van der Waals surface area contributed by atoms with E-state index in [9.17, 15) is 4.79 Å². The van der Waals surface area contributed by atoms with Gasteiger partial charge in [0.25, 0.3) is 0 Å². The Morgan fingerprint density at radius 3 is 3.00 bits per heavy atom. The Bertz CT molecular complexity index is 496. The maximum absolute atomic E-state index is 12.2. The zero-order valence-electron chi connectivity index (χ0n) is 11.0. The van der Waals surface area contributed by atoms with Crippen LogP contribution in [0.25, 0.3) is 0 Å². The van der Waals surface area contributed by atoms with Crippen LogP contribution >= 0.6 is 11.3 Å². The van der Waals surface area contributed by atoms with Gasteiger partial charge < -0.3 is 5.32 Å². The third-order valence-corrected chi connectivity index (χ3v) is 3.99. The standard InChI is InChI=1S/C12H17N5OS/c1-3-5-9(11-14-16-17-15-11)13-12(18)8(2)10-6-4-7-19-10/h4,6-9H,3,5H2,1-2H3,(H,13,18)(H,14,15,16,17)/t8-,9+/m1/s1. The molecular formula is C12H17N5OS. The molecule has 0 radical (unpaired) electrons. The monoisotopic (exact) mass is 279 g/mol. The number of tetrazole rings is 1. The van der Waals surface area contributed by atoms with E-state index in [1.165, 1.54) is 0 Å². The van der Waals surface area contributed by atoms with Gasteiger partial charge in [-0.25, -0.2) is 0 Å². The van der Waals surface area contributed by atoms with Crippen molar-refractivity contribution in [3.8, 4) is 0 Å². The third-order valence-electron chi connectivity index (χ3n) is 2.93. The summed E-state index contributed by atoms with van der Waals surface area (Å²) in [6, 6.07) is 3.74. The van der Waals surface area contributed by atoms with Gasteiger partial charge in [-0.05, 0) is 24.8 Å². The van der Waals surface area contributed by atoms with Crippen molar-refractivity contribution < 1.29 is 4.79 Å². The van der Waals surface area contributed by atoms with E-state index in [4.69, 9.17) is 0 Å². The van der Waals surface area contributed by atoms with Crippen LogP contribution in [-0.4, -0.2) is 26.5 Å². The predicted octanol–water partition coefficient (Wildman–Crippen LogP) is 2.02. The molecule has 102 valence electrons. The quantitative estimate of drug-likeness (QED) is 0.847. The molecule has 19 heavy (non-hydrogen) atoms. The first-order valence-corrected chi connectivity index (χ1v) is 7.17. The van der Waals surface area contributed by atoms with Crippen LogP contribution in [0.2, 0.25) is 0 Å². The minimum absolute atomic E-state index is 0.00861. The topological polar surface area (TPSA) is 83.6 Å². The Balaban J connectivity index is 2.03. The molecule has 0 aliphatic heterocycles. The van der Waals surface area contributed by atoms with Crippen LogP contribution in [0.5, 0.6) is 0 Å². The number of rotatable bonds is 6. The molecule has 0 spiro atoms. The van der Waals surface area contributed by atoms with Crippen LogP contribution in [0.3, 0.4) is 0 Å². The number of nitrogens with zero attached hydrogens (tertiary/aromatic N) is 3. The van der Waals surface area contributed by atoms with Crippen molar-refractivity contribution >= 4 is 17.2 Å². The number of hydrogen-bond acceptors (Lipinski definition) is 5. The van der Waals surface area contributed by atoms with Gasteiger partial charge in [-0.3, -0.25) is 4.79 Å². The lowest BCUT2D eigenvalue weighted by molar-refractivity contribution is -0.123. The van der Waals surface area contributed by atoms with Crippen molar-refractivity contribution in [3.63, 3.8) is 0 Å². The molecule has 2 aromatic rings. The minimum Gasteiger partial charge on any atom is -0.345 e. The summed E-state index contributed by atoms with van der Waals surface area (Å²) in [5.41, 5.74) is 0. The van der Waals surface area contributed by atoms with E-state index in [0.717, 1.165) is 17.7 Å². The molecule has 0 fully saturated rings. The molecule has 0 saturated carbocycles. The molecule has 0 aromatic carbocycles. The highest BCUT2D eigenvalue weighted by molar-refractivity contribution is 7.10. The molecule has 0 saturated heterocycles. The van der Waals surface area contributed by atoms with E-state index < -0.39 is 0 Å². The van der Waals surface area contributed by atoms with Gasteiger partial charge in [-0.15, -0.1) is 21.5 Å². The van der Waals surface area contributed by atoms with E-state index >= 15 is 0 Å². The summed E-state index contributed by atoms with van der Waals surface area (Å²) in [4.78, 5) is 13.3. The zero-order chi connectivity index (χ0) is 13.7. The summed E-state index contributed by atoms with van der Waals surface area (Å²) < 4.78 is 0. The highest BCUT2D eigenvalue weighted by Gasteiger charge is 2.22. The number of carbonyl (C=O) groups excluding carboxylic acids is 1. The fraction of sp³-hybridized carbons (Fsp3) is 0.500.